The third kappa shape index (κ3) is 4.66. The second-order valence-corrected chi connectivity index (χ2v) is 6.91. The van der Waals surface area contributed by atoms with Crippen molar-refractivity contribution < 1.29 is 26.4 Å². The van der Waals surface area contributed by atoms with E-state index in [1.807, 2.05) is 0 Å². The number of rotatable bonds is 4. The van der Waals surface area contributed by atoms with E-state index >= 15 is 0 Å². The number of alkyl halides is 3. The summed E-state index contributed by atoms with van der Waals surface area (Å²) < 4.78 is 62.2. The number of halogens is 3. The van der Waals surface area contributed by atoms with Crippen molar-refractivity contribution in [3.8, 4) is 0 Å². The summed E-state index contributed by atoms with van der Waals surface area (Å²) in [5.41, 5.74) is -0.0338. The Hall–Kier alpha value is -1.65. The van der Waals surface area contributed by atoms with Gasteiger partial charge in [-0.1, -0.05) is 0 Å². The van der Waals surface area contributed by atoms with E-state index in [2.05, 4.69) is 5.32 Å². The molecule has 23 heavy (non-hydrogen) atoms. The highest BCUT2D eigenvalue weighted by Gasteiger charge is 2.28. The highest BCUT2D eigenvalue weighted by atomic mass is 32.2. The lowest BCUT2D eigenvalue weighted by Crippen LogP contribution is -2.46. The highest BCUT2D eigenvalue weighted by Crippen LogP contribution is 2.17. The van der Waals surface area contributed by atoms with E-state index in [1.165, 1.54) is 28.6 Å². The molecule has 6 nitrogen and oxygen atoms in total. The van der Waals surface area contributed by atoms with Crippen LogP contribution in [0.25, 0.3) is 0 Å². The van der Waals surface area contributed by atoms with E-state index in [4.69, 9.17) is 0 Å². The Kier molecular flexibility index (Phi) is 5.27. The van der Waals surface area contributed by atoms with Crippen LogP contribution in [0, 0.1) is 0 Å². The van der Waals surface area contributed by atoms with E-state index in [-0.39, 0.29) is 10.5 Å². The van der Waals surface area contributed by atoms with Gasteiger partial charge in [0, 0.05) is 31.7 Å². The van der Waals surface area contributed by atoms with Crippen LogP contribution in [0.4, 0.5) is 13.2 Å². The minimum atomic E-state index is -4.50. The summed E-state index contributed by atoms with van der Waals surface area (Å²) in [6.45, 7) is 0.354. The lowest BCUT2D eigenvalue weighted by Gasteiger charge is -2.26. The monoisotopic (exact) mass is 351 g/mol. The van der Waals surface area contributed by atoms with Crippen LogP contribution in [0.3, 0.4) is 0 Å². The van der Waals surface area contributed by atoms with Crippen LogP contribution in [0.1, 0.15) is 10.4 Å². The Morgan fingerprint density at radius 1 is 1.17 bits per heavy atom. The maximum absolute atomic E-state index is 12.4. The van der Waals surface area contributed by atoms with Crippen LogP contribution in [0.2, 0.25) is 0 Å². The van der Waals surface area contributed by atoms with Gasteiger partial charge in [0.25, 0.3) is 5.91 Å². The molecule has 1 fully saturated rings. The van der Waals surface area contributed by atoms with E-state index < -0.39 is 28.7 Å². The summed E-state index contributed by atoms with van der Waals surface area (Å²) in [5.74, 6) is -0.909. The SMILES string of the molecule is O=C(NCC(F)(F)F)c1ccc(S(=O)(=O)N2CCNCC2)cc1. The molecule has 1 aliphatic rings. The number of sulfonamides is 1. The number of nitrogens with one attached hydrogen (secondary N) is 2. The van der Waals surface area contributed by atoms with E-state index in [0.29, 0.717) is 26.2 Å². The van der Waals surface area contributed by atoms with Gasteiger partial charge in [-0.25, -0.2) is 8.42 Å². The first-order valence-corrected chi connectivity index (χ1v) is 8.30. The normalized spacial score (nSPS) is 17.0. The molecule has 1 saturated heterocycles. The molecule has 0 aromatic heterocycles. The zero-order valence-corrected chi connectivity index (χ0v) is 12.9. The van der Waals surface area contributed by atoms with Crippen molar-refractivity contribution in [2.45, 2.75) is 11.1 Å². The van der Waals surface area contributed by atoms with E-state index in [1.54, 1.807) is 5.32 Å². The van der Waals surface area contributed by atoms with Crippen LogP contribution in [-0.4, -0.2) is 57.5 Å². The van der Waals surface area contributed by atoms with Gasteiger partial charge in [0.1, 0.15) is 6.54 Å². The largest absolute Gasteiger partial charge is 0.405 e. The topological polar surface area (TPSA) is 78.5 Å². The van der Waals surface area contributed by atoms with Crippen molar-refractivity contribution in [3.05, 3.63) is 29.8 Å². The van der Waals surface area contributed by atoms with Crippen molar-refractivity contribution in [1.82, 2.24) is 14.9 Å². The second-order valence-electron chi connectivity index (χ2n) is 4.98. The zero-order chi connectivity index (χ0) is 17.1. The Bertz CT molecular complexity index is 653. The summed E-state index contributed by atoms with van der Waals surface area (Å²) in [4.78, 5) is 11.6. The number of hydrogen-bond donors (Lipinski definition) is 2. The second kappa shape index (κ2) is 6.85. The van der Waals surface area contributed by atoms with Gasteiger partial charge in [0.15, 0.2) is 0 Å². The van der Waals surface area contributed by atoms with E-state index in [9.17, 15) is 26.4 Å². The van der Waals surface area contributed by atoms with Crippen molar-refractivity contribution >= 4 is 15.9 Å². The van der Waals surface area contributed by atoms with Gasteiger partial charge >= 0.3 is 6.18 Å². The van der Waals surface area contributed by atoms with Gasteiger partial charge in [-0.2, -0.15) is 17.5 Å². The molecule has 1 heterocycles. The molecule has 0 aliphatic carbocycles. The Balaban J connectivity index is 2.08. The summed E-state index contributed by atoms with van der Waals surface area (Å²) in [5, 5.41) is 4.77. The molecule has 1 aliphatic heterocycles. The molecule has 0 spiro atoms. The predicted molar refractivity (Wildman–Crippen MR) is 76.5 cm³/mol. The van der Waals surface area contributed by atoms with Crippen molar-refractivity contribution in [3.63, 3.8) is 0 Å². The van der Waals surface area contributed by atoms with Crippen molar-refractivity contribution in [2.24, 2.45) is 0 Å². The maximum atomic E-state index is 12.4. The first-order valence-electron chi connectivity index (χ1n) is 6.86. The number of amides is 1. The first kappa shape index (κ1) is 17.7. The number of piperazine rings is 1. The van der Waals surface area contributed by atoms with Crippen molar-refractivity contribution in [1.29, 1.82) is 0 Å². The minimum absolute atomic E-state index is 0.00627. The smallest absolute Gasteiger partial charge is 0.343 e. The highest BCUT2D eigenvalue weighted by molar-refractivity contribution is 7.89. The Morgan fingerprint density at radius 2 is 1.74 bits per heavy atom. The summed E-state index contributed by atoms with van der Waals surface area (Å²) >= 11 is 0. The fourth-order valence-corrected chi connectivity index (χ4v) is 3.54. The van der Waals surface area contributed by atoms with Crippen LogP contribution in [0.15, 0.2) is 29.2 Å². The molecule has 0 saturated carbocycles. The van der Waals surface area contributed by atoms with Gasteiger partial charge in [0.05, 0.1) is 4.90 Å². The summed E-state index contributed by atoms with van der Waals surface area (Å²) in [7, 11) is -3.66. The molecule has 0 unspecified atom stereocenters. The Morgan fingerprint density at radius 3 is 2.26 bits per heavy atom. The van der Waals surface area contributed by atoms with Gasteiger partial charge < -0.3 is 10.6 Å². The molecular formula is C13H16F3N3O3S. The number of nitrogens with zero attached hydrogens (tertiary/aromatic N) is 1. The lowest BCUT2D eigenvalue weighted by molar-refractivity contribution is -0.123. The molecule has 1 amide bonds. The summed E-state index contributed by atoms with van der Waals surface area (Å²) in [6.07, 6.45) is -4.50. The molecule has 1 aromatic rings. The maximum Gasteiger partial charge on any atom is 0.405 e. The molecule has 2 rings (SSSR count). The quantitative estimate of drug-likeness (QED) is 0.832. The molecule has 0 atom stereocenters. The zero-order valence-electron chi connectivity index (χ0n) is 12.1. The van der Waals surface area contributed by atoms with E-state index in [0.717, 1.165) is 0 Å². The molecule has 128 valence electrons. The average Bonchev–Trinajstić information content (AvgIpc) is 2.53. The molecule has 1 aromatic carbocycles. The standard InChI is InChI=1S/C13H16F3N3O3S/c14-13(15,16)9-18-12(20)10-1-3-11(4-2-10)23(21,22)19-7-5-17-6-8-19/h1-4,17H,5-9H2,(H,18,20). The van der Waals surface area contributed by atoms with Gasteiger partial charge in [-0.3, -0.25) is 4.79 Å². The van der Waals surface area contributed by atoms with Crippen LogP contribution < -0.4 is 10.6 Å². The number of hydrogen-bond acceptors (Lipinski definition) is 4. The number of carbonyl (C=O) groups is 1. The predicted octanol–water partition coefficient (Wildman–Crippen LogP) is 0.573. The molecule has 10 heteroatoms. The van der Waals surface area contributed by atoms with Crippen LogP contribution in [0.5, 0.6) is 0 Å². The first-order chi connectivity index (χ1) is 10.7. The van der Waals surface area contributed by atoms with Crippen LogP contribution >= 0.6 is 0 Å². The van der Waals surface area contributed by atoms with Gasteiger partial charge in [-0.15, -0.1) is 0 Å². The molecular weight excluding hydrogens is 335 g/mol. The minimum Gasteiger partial charge on any atom is -0.343 e. The fraction of sp³-hybridized carbons (Fsp3) is 0.462. The molecule has 0 radical (unpaired) electrons. The third-order valence-corrected chi connectivity index (χ3v) is 5.19. The average molecular weight is 351 g/mol. The third-order valence-electron chi connectivity index (χ3n) is 3.28. The number of carbonyl (C=O) groups excluding carboxylic acids is 1. The number of benzene rings is 1. The molecule has 0 bridgehead atoms. The molecule has 2 N–H and O–H groups in total. The van der Waals surface area contributed by atoms with Crippen molar-refractivity contribution in [2.75, 3.05) is 32.7 Å². The van der Waals surface area contributed by atoms with Gasteiger partial charge in [-0.05, 0) is 24.3 Å². The fourth-order valence-electron chi connectivity index (χ4n) is 2.09. The van der Waals surface area contributed by atoms with Crippen LogP contribution in [-0.2, 0) is 10.0 Å². The summed E-state index contributed by atoms with van der Waals surface area (Å²) in [6, 6.07) is 4.83. The van der Waals surface area contributed by atoms with Gasteiger partial charge in [0.2, 0.25) is 10.0 Å². The Labute approximate surface area is 131 Å². The lowest BCUT2D eigenvalue weighted by atomic mass is 10.2.